The standard InChI is InChI=1S/C21H25NO4/c1-14(2)18-5-3-4-6-20(18)26-13-16(23)12-25-17-9-7-15-8-10-21(24)22-19(15)11-17/h3-7,9,11,14,16,23H,8,10,12-13H2,1-2H3,(H,22,24). The normalized spacial score (nSPS) is 14.5. The highest BCUT2D eigenvalue weighted by atomic mass is 16.5. The number of hydrogen-bond donors (Lipinski definition) is 2. The van der Waals surface area contributed by atoms with Crippen molar-refractivity contribution < 1.29 is 19.4 Å². The summed E-state index contributed by atoms with van der Waals surface area (Å²) in [5, 5.41) is 13.0. The van der Waals surface area contributed by atoms with Crippen LogP contribution in [0.25, 0.3) is 0 Å². The summed E-state index contributed by atoms with van der Waals surface area (Å²) in [4.78, 5) is 11.5. The zero-order valence-electron chi connectivity index (χ0n) is 15.2. The molecule has 2 aromatic rings. The third kappa shape index (κ3) is 4.55. The first kappa shape index (κ1) is 18.3. The minimum atomic E-state index is -0.749. The van der Waals surface area contributed by atoms with Gasteiger partial charge in [0.05, 0.1) is 0 Å². The molecule has 3 rings (SSSR count). The average Bonchev–Trinajstić information content (AvgIpc) is 2.64. The number of benzene rings is 2. The molecule has 1 aliphatic rings. The second-order valence-electron chi connectivity index (χ2n) is 6.84. The molecule has 5 heteroatoms. The van der Waals surface area contributed by atoms with Crippen LogP contribution < -0.4 is 14.8 Å². The van der Waals surface area contributed by atoms with Crippen LogP contribution in [0.5, 0.6) is 11.5 Å². The predicted octanol–water partition coefficient (Wildman–Crippen LogP) is 3.51. The lowest BCUT2D eigenvalue weighted by molar-refractivity contribution is -0.116. The lowest BCUT2D eigenvalue weighted by Crippen LogP contribution is -2.25. The van der Waals surface area contributed by atoms with E-state index in [1.54, 1.807) is 6.07 Å². The maximum Gasteiger partial charge on any atom is 0.224 e. The van der Waals surface area contributed by atoms with Crippen molar-refractivity contribution in [1.29, 1.82) is 0 Å². The second-order valence-corrected chi connectivity index (χ2v) is 6.84. The van der Waals surface area contributed by atoms with E-state index in [0.717, 1.165) is 29.0 Å². The fourth-order valence-corrected chi connectivity index (χ4v) is 2.96. The summed E-state index contributed by atoms with van der Waals surface area (Å²) in [5.74, 6) is 1.78. The first-order chi connectivity index (χ1) is 12.5. The van der Waals surface area contributed by atoms with Gasteiger partial charge in [0.2, 0.25) is 5.91 Å². The van der Waals surface area contributed by atoms with Crippen molar-refractivity contribution in [3.05, 3.63) is 53.6 Å². The van der Waals surface area contributed by atoms with Gasteiger partial charge in [0.25, 0.3) is 0 Å². The molecule has 1 amide bonds. The number of fused-ring (bicyclic) bond motifs is 1. The molecule has 0 fully saturated rings. The van der Waals surface area contributed by atoms with Gasteiger partial charge in [-0.25, -0.2) is 0 Å². The fraction of sp³-hybridized carbons (Fsp3) is 0.381. The summed E-state index contributed by atoms with van der Waals surface area (Å²) < 4.78 is 11.4. The van der Waals surface area contributed by atoms with E-state index in [1.165, 1.54) is 0 Å². The minimum absolute atomic E-state index is 0.0203. The summed E-state index contributed by atoms with van der Waals surface area (Å²) in [7, 11) is 0. The number of aryl methyl sites for hydroxylation is 1. The van der Waals surface area contributed by atoms with Gasteiger partial charge in [-0.15, -0.1) is 0 Å². The summed E-state index contributed by atoms with van der Waals surface area (Å²) in [6, 6.07) is 13.5. The Balaban J connectivity index is 1.53. The van der Waals surface area contributed by atoms with Gasteiger partial charge in [-0.05, 0) is 35.6 Å². The maximum absolute atomic E-state index is 11.5. The van der Waals surface area contributed by atoms with E-state index in [1.807, 2.05) is 36.4 Å². The van der Waals surface area contributed by atoms with Crippen molar-refractivity contribution in [3.8, 4) is 11.5 Å². The van der Waals surface area contributed by atoms with Crippen LogP contribution in [0.3, 0.4) is 0 Å². The highest BCUT2D eigenvalue weighted by Crippen LogP contribution is 2.28. The highest BCUT2D eigenvalue weighted by molar-refractivity contribution is 5.94. The van der Waals surface area contributed by atoms with Gasteiger partial charge in [0.15, 0.2) is 0 Å². The van der Waals surface area contributed by atoms with E-state index in [-0.39, 0.29) is 19.1 Å². The summed E-state index contributed by atoms with van der Waals surface area (Å²) >= 11 is 0. The third-order valence-electron chi connectivity index (χ3n) is 4.39. The summed E-state index contributed by atoms with van der Waals surface area (Å²) in [6.07, 6.45) is 0.509. The van der Waals surface area contributed by atoms with E-state index in [9.17, 15) is 9.90 Å². The molecular weight excluding hydrogens is 330 g/mol. The van der Waals surface area contributed by atoms with Crippen molar-refractivity contribution in [3.63, 3.8) is 0 Å². The lowest BCUT2D eigenvalue weighted by atomic mass is 10.0. The summed E-state index contributed by atoms with van der Waals surface area (Å²) in [6.45, 7) is 4.50. The van der Waals surface area contributed by atoms with Crippen molar-refractivity contribution in [2.45, 2.75) is 38.7 Å². The molecule has 1 unspecified atom stereocenters. The first-order valence-corrected chi connectivity index (χ1v) is 8.98. The Hall–Kier alpha value is -2.53. The number of anilines is 1. The quantitative estimate of drug-likeness (QED) is 0.797. The molecule has 5 nitrogen and oxygen atoms in total. The molecule has 0 radical (unpaired) electrons. The number of carbonyl (C=O) groups excluding carboxylic acids is 1. The number of nitrogens with one attached hydrogen (secondary N) is 1. The van der Waals surface area contributed by atoms with Gasteiger partial charge in [0.1, 0.15) is 30.8 Å². The number of rotatable bonds is 7. The van der Waals surface area contributed by atoms with Crippen LogP contribution >= 0.6 is 0 Å². The molecule has 0 aliphatic carbocycles. The Labute approximate surface area is 153 Å². The third-order valence-corrected chi connectivity index (χ3v) is 4.39. The number of aliphatic hydroxyl groups is 1. The van der Waals surface area contributed by atoms with E-state index in [0.29, 0.717) is 18.1 Å². The van der Waals surface area contributed by atoms with E-state index < -0.39 is 6.10 Å². The van der Waals surface area contributed by atoms with Gasteiger partial charge in [-0.3, -0.25) is 4.79 Å². The largest absolute Gasteiger partial charge is 0.491 e. The predicted molar refractivity (Wildman–Crippen MR) is 101 cm³/mol. The van der Waals surface area contributed by atoms with Gasteiger partial charge in [0, 0.05) is 18.2 Å². The molecule has 1 atom stereocenters. The van der Waals surface area contributed by atoms with E-state index in [2.05, 4.69) is 19.2 Å². The number of ether oxygens (including phenoxy) is 2. The maximum atomic E-state index is 11.5. The Kier molecular flexibility index (Phi) is 5.78. The van der Waals surface area contributed by atoms with Crippen LogP contribution in [0.4, 0.5) is 5.69 Å². The zero-order chi connectivity index (χ0) is 18.5. The Bertz CT molecular complexity index is 772. The van der Waals surface area contributed by atoms with Crippen LogP contribution in [0.1, 0.15) is 37.3 Å². The monoisotopic (exact) mass is 355 g/mol. The molecule has 2 N–H and O–H groups in total. The number of amides is 1. The van der Waals surface area contributed by atoms with Crippen molar-refractivity contribution in [1.82, 2.24) is 0 Å². The van der Waals surface area contributed by atoms with E-state index >= 15 is 0 Å². The molecule has 0 bridgehead atoms. The SMILES string of the molecule is CC(C)c1ccccc1OCC(O)COc1ccc2c(c1)NC(=O)CC2. The highest BCUT2D eigenvalue weighted by Gasteiger charge is 2.16. The summed E-state index contributed by atoms with van der Waals surface area (Å²) in [5.41, 5.74) is 3.01. The molecule has 2 aromatic carbocycles. The second kappa shape index (κ2) is 8.23. The number of carbonyl (C=O) groups is 1. The van der Waals surface area contributed by atoms with Gasteiger partial charge < -0.3 is 19.9 Å². The van der Waals surface area contributed by atoms with Crippen LogP contribution in [0, 0.1) is 0 Å². The van der Waals surface area contributed by atoms with Crippen LogP contribution in [-0.4, -0.2) is 30.3 Å². The lowest BCUT2D eigenvalue weighted by Gasteiger charge is -2.19. The first-order valence-electron chi connectivity index (χ1n) is 8.98. The molecule has 0 saturated heterocycles. The minimum Gasteiger partial charge on any atom is -0.491 e. The molecule has 0 saturated carbocycles. The number of para-hydroxylation sites is 1. The molecular formula is C21H25NO4. The average molecular weight is 355 g/mol. The molecule has 0 spiro atoms. The number of aliphatic hydroxyl groups excluding tert-OH is 1. The smallest absolute Gasteiger partial charge is 0.224 e. The van der Waals surface area contributed by atoms with E-state index in [4.69, 9.17) is 9.47 Å². The number of hydrogen-bond acceptors (Lipinski definition) is 4. The fourth-order valence-electron chi connectivity index (χ4n) is 2.96. The molecule has 1 heterocycles. The van der Waals surface area contributed by atoms with Gasteiger partial charge in [-0.1, -0.05) is 38.1 Å². The molecule has 1 aliphatic heterocycles. The van der Waals surface area contributed by atoms with Crippen LogP contribution in [-0.2, 0) is 11.2 Å². The van der Waals surface area contributed by atoms with Crippen molar-refractivity contribution >= 4 is 11.6 Å². The Morgan fingerprint density at radius 3 is 2.65 bits per heavy atom. The zero-order valence-corrected chi connectivity index (χ0v) is 15.2. The van der Waals surface area contributed by atoms with Gasteiger partial charge in [-0.2, -0.15) is 0 Å². The Morgan fingerprint density at radius 2 is 1.85 bits per heavy atom. The van der Waals surface area contributed by atoms with Crippen LogP contribution in [0.2, 0.25) is 0 Å². The van der Waals surface area contributed by atoms with Crippen molar-refractivity contribution in [2.75, 3.05) is 18.5 Å². The Morgan fingerprint density at radius 1 is 1.08 bits per heavy atom. The van der Waals surface area contributed by atoms with Crippen molar-refractivity contribution in [2.24, 2.45) is 0 Å². The van der Waals surface area contributed by atoms with Crippen LogP contribution in [0.15, 0.2) is 42.5 Å². The van der Waals surface area contributed by atoms with Gasteiger partial charge >= 0.3 is 0 Å². The molecule has 26 heavy (non-hydrogen) atoms. The molecule has 138 valence electrons. The molecule has 0 aromatic heterocycles. The topological polar surface area (TPSA) is 67.8 Å².